The van der Waals surface area contributed by atoms with Crippen molar-refractivity contribution >= 4 is 34.2 Å². The van der Waals surface area contributed by atoms with E-state index in [4.69, 9.17) is 27.9 Å². The number of hydrogen-bond acceptors (Lipinski definition) is 4. The highest BCUT2D eigenvalue weighted by molar-refractivity contribution is 6.42. The van der Waals surface area contributed by atoms with Crippen molar-refractivity contribution in [3.63, 3.8) is 0 Å². The van der Waals surface area contributed by atoms with Gasteiger partial charge in [-0.15, -0.1) is 0 Å². The number of rotatable bonds is 6. The Hall–Kier alpha value is -1.05. The fourth-order valence-corrected chi connectivity index (χ4v) is 6.86. The van der Waals surface area contributed by atoms with Gasteiger partial charge in [-0.25, -0.2) is 4.79 Å². The van der Waals surface area contributed by atoms with E-state index in [2.05, 4.69) is 23.6 Å². The van der Waals surface area contributed by atoms with Crippen LogP contribution in [0.4, 0.5) is 0 Å². The highest BCUT2D eigenvalue weighted by Crippen LogP contribution is 2.36. The zero-order valence-electron chi connectivity index (χ0n) is 21.2. The summed E-state index contributed by atoms with van der Waals surface area (Å²) in [6, 6.07) is 4.69. The highest BCUT2D eigenvalue weighted by Gasteiger charge is 2.32. The van der Waals surface area contributed by atoms with Crippen molar-refractivity contribution in [1.29, 1.82) is 0 Å². The Balaban J connectivity index is 1.32. The predicted octanol–water partition coefficient (Wildman–Crippen LogP) is 5.29. The van der Waals surface area contributed by atoms with Crippen molar-refractivity contribution in [3.05, 3.63) is 32.7 Å². The first-order valence-corrected chi connectivity index (χ1v) is 14.3. The van der Waals surface area contributed by atoms with Crippen LogP contribution in [0.1, 0.15) is 58.4 Å². The molecule has 0 radical (unpaired) electrons. The molecule has 1 aromatic heterocycles. The number of imidazole rings is 1. The number of halogens is 2. The van der Waals surface area contributed by atoms with E-state index in [0.29, 0.717) is 22.6 Å². The van der Waals surface area contributed by atoms with Crippen LogP contribution in [-0.2, 0) is 11.3 Å². The van der Waals surface area contributed by atoms with Crippen molar-refractivity contribution in [1.82, 2.24) is 18.9 Å². The maximum absolute atomic E-state index is 13.7. The molecule has 0 spiro atoms. The first-order chi connectivity index (χ1) is 16.9. The third-order valence-electron chi connectivity index (χ3n) is 8.81. The van der Waals surface area contributed by atoms with Crippen LogP contribution in [0.25, 0.3) is 11.0 Å². The lowest BCUT2D eigenvalue weighted by Crippen LogP contribution is -2.45. The quantitative estimate of drug-likeness (QED) is 0.516. The van der Waals surface area contributed by atoms with Crippen LogP contribution < -0.4 is 5.69 Å². The lowest BCUT2D eigenvalue weighted by atomic mass is 9.79. The third-order valence-corrected chi connectivity index (χ3v) is 9.54. The van der Waals surface area contributed by atoms with E-state index in [1.165, 1.54) is 25.7 Å². The molecule has 35 heavy (non-hydrogen) atoms. The summed E-state index contributed by atoms with van der Waals surface area (Å²) in [6.07, 6.45) is 7.37. The molecule has 0 atom stereocenters. The molecule has 3 fully saturated rings. The van der Waals surface area contributed by atoms with Gasteiger partial charge in [0.25, 0.3) is 0 Å². The smallest absolute Gasteiger partial charge is 0.329 e. The van der Waals surface area contributed by atoms with Gasteiger partial charge in [0, 0.05) is 51.4 Å². The van der Waals surface area contributed by atoms with Gasteiger partial charge < -0.3 is 9.64 Å². The molecular formula is C27H40Cl2N4O2. The number of likely N-dealkylation sites (tertiary alicyclic amines) is 1. The molecule has 0 unspecified atom stereocenters. The summed E-state index contributed by atoms with van der Waals surface area (Å²) in [5, 5.41) is 1.01. The Labute approximate surface area is 219 Å². The van der Waals surface area contributed by atoms with Crippen molar-refractivity contribution in [2.75, 3.05) is 45.9 Å². The predicted molar refractivity (Wildman–Crippen MR) is 144 cm³/mol. The average Bonchev–Trinajstić information content (AvgIpc) is 3.13. The Kier molecular flexibility index (Phi) is 8.15. The molecule has 3 aliphatic rings. The number of piperidine rings is 1. The van der Waals surface area contributed by atoms with Crippen molar-refractivity contribution < 1.29 is 4.74 Å². The standard InChI is InChI=1S/C27H40Cl2N4O2/c1-19(2)20-3-5-21(6-4-20)31-9-7-22(8-10-31)33-26-18-24(29)23(28)17-25(26)32(27(33)34)12-11-30-13-15-35-16-14-30/h17-22H,3-16H2,1-2H3/t20-,21-. The fraction of sp³-hybridized carbons (Fsp3) is 0.741. The Morgan fingerprint density at radius 2 is 1.49 bits per heavy atom. The molecular weight excluding hydrogens is 483 g/mol. The van der Waals surface area contributed by atoms with Crippen molar-refractivity contribution in [3.8, 4) is 0 Å². The van der Waals surface area contributed by atoms with Crippen LogP contribution in [-0.4, -0.2) is 70.9 Å². The number of hydrogen-bond donors (Lipinski definition) is 0. The summed E-state index contributed by atoms with van der Waals surface area (Å²) in [4.78, 5) is 18.8. The molecule has 8 heteroatoms. The van der Waals surface area contributed by atoms with Crippen LogP contribution in [0.3, 0.4) is 0 Å². The second-order valence-electron chi connectivity index (χ2n) is 11.1. The Morgan fingerprint density at radius 3 is 2.11 bits per heavy atom. The minimum Gasteiger partial charge on any atom is -0.379 e. The zero-order chi connectivity index (χ0) is 24.5. The number of aromatic nitrogens is 2. The molecule has 1 aromatic carbocycles. The molecule has 6 nitrogen and oxygen atoms in total. The number of fused-ring (bicyclic) bond motifs is 1. The zero-order valence-corrected chi connectivity index (χ0v) is 22.7. The van der Waals surface area contributed by atoms with Crippen molar-refractivity contribution in [2.24, 2.45) is 11.8 Å². The van der Waals surface area contributed by atoms with Crippen LogP contribution in [0.5, 0.6) is 0 Å². The van der Waals surface area contributed by atoms with E-state index in [9.17, 15) is 4.79 Å². The van der Waals surface area contributed by atoms with Crippen LogP contribution in [0, 0.1) is 11.8 Å². The third kappa shape index (κ3) is 5.47. The summed E-state index contributed by atoms with van der Waals surface area (Å²) in [7, 11) is 0. The average molecular weight is 524 g/mol. The van der Waals surface area contributed by atoms with Crippen LogP contribution >= 0.6 is 23.2 Å². The molecule has 2 aromatic rings. The minimum atomic E-state index is 0.0717. The normalized spacial score (nSPS) is 25.6. The molecule has 0 amide bonds. The van der Waals surface area contributed by atoms with E-state index in [0.717, 1.165) is 81.6 Å². The van der Waals surface area contributed by atoms with Gasteiger partial charge in [-0.3, -0.25) is 14.0 Å². The maximum atomic E-state index is 13.7. The number of morpholine rings is 1. The molecule has 1 saturated carbocycles. The summed E-state index contributed by atoms with van der Waals surface area (Å²) in [5.41, 5.74) is 1.89. The fourth-order valence-electron chi connectivity index (χ4n) is 6.55. The van der Waals surface area contributed by atoms with Gasteiger partial charge in [-0.1, -0.05) is 37.0 Å². The topological polar surface area (TPSA) is 42.6 Å². The maximum Gasteiger partial charge on any atom is 0.329 e. The van der Waals surface area contributed by atoms with E-state index in [1.807, 2.05) is 21.3 Å². The molecule has 1 aliphatic carbocycles. The summed E-state index contributed by atoms with van der Waals surface area (Å²) < 4.78 is 9.40. The summed E-state index contributed by atoms with van der Waals surface area (Å²) in [5.74, 6) is 1.69. The van der Waals surface area contributed by atoms with Gasteiger partial charge in [0.2, 0.25) is 0 Å². The van der Waals surface area contributed by atoms with Gasteiger partial charge in [0.15, 0.2) is 0 Å². The lowest BCUT2D eigenvalue weighted by molar-refractivity contribution is 0.0363. The SMILES string of the molecule is CC(C)[C@H]1CC[C@H](N2CCC(n3c(=O)n(CCN4CCOCC4)c4cc(Cl)c(Cl)cc43)CC2)CC1. The second kappa shape index (κ2) is 11.1. The molecule has 3 heterocycles. The van der Waals surface area contributed by atoms with Gasteiger partial charge in [-0.2, -0.15) is 0 Å². The first-order valence-electron chi connectivity index (χ1n) is 13.6. The summed E-state index contributed by atoms with van der Waals surface area (Å²) in [6.45, 7) is 11.7. The monoisotopic (exact) mass is 522 g/mol. The van der Waals surface area contributed by atoms with Crippen LogP contribution in [0.2, 0.25) is 10.0 Å². The van der Waals surface area contributed by atoms with Crippen LogP contribution in [0.15, 0.2) is 16.9 Å². The Morgan fingerprint density at radius 1 is 0.857 bits per heavy atom. The molecule has 2 saturated heterocycles. The minimum absolute atomic E-state index is 0.0717. The van der Waals surface area contributed by atoms with Gasteiger partial charge >= 0.3 is 5.69 Å². The van der Waals surface area contributed by atoms with E-state index >= 15 is 0 Å². The number of benzene rings is 1. The van der Waals surface area contributed by atoms with Gasteiger partial charge in [-0.05, 0) is 62.5 Å². The first kappa shape index (κ1) is 25.6. The molecule has 0 N–H and O–H groups in total. The summed E-state index contributed by atoms with van der Waals surface area (Å²) >= 11 is 12.8. The lowest BCUT2D eigenvalue weighted by Gasteiger charge is -2.41. The molecule has 5 rings (SSSR count). The molecule has 0 bridgehead atoms. The molecule has 194 valence electrons. The van der Waals surface area contributed by atoms with E-state index < -0.39 is 0 Å². The molecule has 2 aliphatic heterocycles. The Bertz CT molecular complexity index is 1060. The van der Waals surface area contributed by atoms with Gasteiger partial charge in [0.1, 0.15) is 0 Å². The van der Waals surface area contributed by atoms with E-state index in [-0.39, 0.29) is 11.7 Å². The number of ether oxygens (including phenoxy) is 1. The second-order valence-corrected chi connectivity index (χ2v) is 11.9. The number of nitrogens with zero attached hydrogens (tertiary/aromatic N) is 4. The highest BCUT2D eigenvalue weighted by atomic mass is 35.5. The van der Waals surface area contributed by atoms with Crippen molar-refractivity contribution in [2.45, 2.75) is 71.0 Å². The largest absolute Gasteiger partial charge is 0.379 e. The van der Waals surface area contributed by atoms with E-state index in [1.54, 1.807) is 0 Å². The van der Waals surface area contributed by atoms with Gasteiger partial charge in [0.05, 0.1) is 34.3 Å².